The van der Waals surface area contributed by atoms with Gasteiger partial charge in [-0.15, -0.1) is 0 Å². The second kappa shape index (κ2) is 5.46. The van der Waals surface area contributed by atoms with Crippen molar-refractivity contribution in [3.63, 3.8) is 0 Å². The third-order valence-electron chi connectivity index (χ3n) is 2.93. The molecule has 4 nitrogen and oxygen atoms in total. The second-order valence-electron chi connectivity index (χ2n) is 5.12. The summed E-state index contributed by atoms with van der Waals surface area (Å²) in [5, 5.41) is 13.9. The molecule has 0 bridgehead atoms. The topological polar surface area (TPSA) is 64.1 Å². The van der Waals surface area contributed by atoms with Crippen LogP contribution >= 0.6 is 0 Å². The van der Waals surface area contributed by atoms with Gasteiger partial charge in [0.25, 0.3) is 0 Å². The number of nitrogens with two attached hydrogens (primary N) is 1. The van der Waals surface area contributed by atoms with E-state index in [1.807, 2.05) is 19.3 Å². The number of nitrogens with zero attached hydrogens (tertiary/aromatic N) is 2. The van der Waals surface area contributed by atoms with Crippen molar-refractivity contribution >= 4 is 0 Å². The minimum absolute atomic E-state index is 0.123. The molecule has 0 aliphatic carbocycles. The first-order chi connectivity index (χ1) is 7.51. The van der Waals surface area contributed by atoms with Gasteiger partial charge in [0.15, 0.2) is 0 Å². The van der Waals surface area contributed by atoms with Gasteiger partial charge in [-0.2, -0.15) is 5.10 Å². The highest BCUT2D eigenvalue weighted by atomic mass is 16.3. The van der Waals surface area contributed by atoms with Crippen molar-refractivity contribution in [2.45, 2.75) is 26.7 Å². The quantitative estimate of drug-likeness (QED) is 0.757. The van der Waals surface area contributed by atoms with Crippen LogP contribution in [0.5, 0.6) is 0 Å². The third kappa shape index (κ3) is 3.32. The van der Waals surface area contributed by atoms with Crippen LogP contribution < -0.4 is 5.73 Å². The van der Waals surface area contributed by atoms with Gasteiger partial charge in [-0.25, -0.2) is 0 Å². The van der Waals surface area contributed by atoms with E-state index in [1.54, 1.807) is 4.68 Å². The first-order valence-corrected chi connectivity index (χ1v) is 5.81. The summed E-state index contributed by atoms with van der Waals surface area (Å²) >= 11 is 0. The smallest absolute Gasteiger partial charge is 0.0631 e. The van der Waals surface area contributed by atoms with E-state index < -0.39 is 0 Å². The zero-order chi connectivity index (χ0) is 12.2. The first kappa shape index (κ1) is 13.2. The molecule has 0 amide bonds. The van der Waals surface area contributed by atoms with Gasteiger partial charge in [-0.05, 0) is 18.4 Å². The molecule has 92 valence electrons. The van der Waals surface area contributed by atoms with E-state index in [0.717, 1.165) is 18.5 Å². The van der Waals surface area contributed by atoms with Crippen LogP contribution in [0.3, 0.4) is 0 Å². The highest BCUT2D eigenvalue weighted by molar-refractivity contribution is 5.04. The van der Waals surface area contributed by atoms with E-state index in [2.05, 4.69) is 18.9 Å². The van der Waals surface area contributed by atoms with Gasteiger partial charge in [-0.1, -0.05) is 13.8 Å². The Morgan fingerprint density at radius 2 is 2.25 bits per heavy atom. The maximum atomic E-state index is 9.58. The summed E-state index contributed by atoms with van der Waals surface area (Å²) in [6.07, 6.45) is 3.60. The molecule has 0 spiro atoms. The number of aryl methyl sites for hydroxylation is 1. The monoisotopic (exact) mass is 225 g/mol. The number of hydrogen-bond donors (Lipinski definition) is 2. The van der Waals surface area contributed by atoms with Gasteiger partial charge < -0.3 is 10.8 Å². The molecule has 1 unspecified atom stereocenters. The maximum Gasteiger partial charge on any atom is 0.0631 e. The molecule has 1 rings (SSSR count). The van der Waals surface area contributed by atoms with Crippen molar-refractivity contribution in [3.8, 4) is 0 Å². The Morgan fingerprint density at radius 3 is 2.62 bits per heavy atom. The Balaban J connectivity index is 2.77. The molecule has 1 aromatic rings. The summed E-state index contributed by atoms with van der Waals surface area (Å²) in [5.41, 5.74) is 6.61. The third-order valence-corrected chi connectivity index (χ3v) is 2.93. The molecular formula is C12H23N3O. The Labute approximate surface area is 97.5 Å². The molecule has 0 saturated carbocycles. The number of hydrogen-bond acceptors (Lipinski definition) is 3. The van der Waals surface area contributed by atoms with Gasteiger partial charge >= 0.3 is 0 Å². The molecule has 1 aromatic heterocycles. The number of rotatable bonds is 6. The minimum Gasteiger partial charge on any atom is -0.396 e. The summed E-state index contributed by atoms with van der Waals surface area (Å²) in [4.78, 5) is 0. The lowest BCUT2D eigenvalue weighted by Crippen LogP contribution is -2.38. The molecular weight excluding hydrogens is 202 g/mol. The van der Waals surface area contributed by atoms with Gasteiger partial charge in [0.2, 0.25) is 0 Å². The van der Waals surface area contributed by atoms with Crippen molar-refractivity contribution in [3.05, 3.63) is 18.0 Å². The van der Waals surface area contributed by atoms with Crippen LogP contribution in [0.25, 0.3) is 0 Å². The lowest BCUT2D eigenvalue weighted by molar-refractivity contribution is 0.107. The summed E-state index contributed by atoms with van der Waals surface area (Å²) in [5.74, 6) is 0.527. The van der Waals surface area contributed by atoms with Gasteiger partial charge in [-0.3, -0.25) is 4.68 Å². The zero-order valence-corrected chi connectivity index (χ0v) is 10.5. The Hall–Kier alpha value is -0.870. The number of aliphatic hydroxyl groups excluding tert-OH is 1. The molecule has 0 saturated heterocycles. The zero-order valence-electron chi connectivity index (χ0n) is 10.5. The lowest BCUT2D eigenvalue weighted by atomic mass is 9.77. The predicted octanol–water partition coefficient (Wildman–Crippen LogP) is 0.946. The average Bonchev–Trinajstić information content (AvgIpc) is 2.62. The van der Waals surface area contributed by atoms with Crippen LogP contribution in [0, 0.1) is 11.3 Å². The molecule has 3 N–H and O–H groups in total. The second-order valence-corrected chi connectivity index (χ2v) is 5.12. The van der Waals surface area contributed by atoms with Crippen molar-refractivity contribution in [2.75, 3.05) is 13.2 Å². The van der Waals surface area contributed by atoms with Crippen LogP contribution in [0.1, 0.15) is 26.0 Å². The Bertz CT molecular complexity index is 316. The van der Waals surface area contributed by atoms with Crippen LogP contribution in [-0.2, 0) is 13.5 Å². The average molecular weight is 225 g/mol. The van der Waals surface area contributed by atoms with Crippen LogP contribution in [-0.4, -0.2) is 28.0 Å². The largest absolute Gasteiger partial charge is 0.396 e. The number of aliphatic hydroxyl groups is 1. The summed E-state index contributed by atoms with van der Waals surface area (Å²) < 4.78 is 1.78. The van der Waals surface area contributed by atoms with E-state index in [-0.39, 0.29) is 12.0 Å². The molecule has 0 fully saturated rings. The minimum atomic E-state index is -0.220. The normalized spacial score (nSPS) is 15.4. The van der Waals surface area contributed by atoms with Crippen molar-refractivity contribution in [2.24, 2.45) is 24.1 Å². The molecule has 4 heteroatoms. The fraction of sp³-hybridized carbons (Fsp3) is 0.750. The van der Waals surface area contributed by atoms with Crippen LogP contribution in [0.4, 0.5) is 0 Å². The van der Waals surface area contributed by atoms with Gasteiger partial charge in [0.05, 0.1) is 12.3 Å². The Kier molecular flexibility index (Phi) is 4.50. The lowest BCUT2D eigenvalue weighted by Gasteiger charge is -2.31. The molecule has 1 heterocycles. The highest BCUT2D eigenvalue weighted by Gasteiger charge is 2.30. The van der Waals surface area contributed by atoms with E-state index in [1.165, 1.54) is 0 Å². The highest BCUT2D eigenvalue weighted by Crippen LogP contribution is 2.28. The van der Waals surface area contributed by atoms with E-state index in [0.29, 0.717) is 12.5 Å². The van der Waals surface area contributed by atoms with E-state index >= 15 is 0 Å². The van der Waals surface area contributed by atoms with Gasteiger partial charge in [0, 0.05) is 31.6 Å². The standard InChI is InChI=1S/C12H23N3O/c1-10(2)6-12(8-13,9-16)7-11-4-5-15(3)14-11/h4-5,10,16H,6-9,13H2,1-3H3. The SMILES string of the molecule is CC(C)CC(CN)(CO)Cc1ccn(C)n1. The number of aromatic nitrogens is 2. The van der Waals surface area contributed by atoms with Crippen molar-refractivity contribution in [1.29, 1.82) is 0 Å². The maximum absolute atomic E-state index is 9.58. The fourth-order valence-corrected chi connectivity index (χ4v) is 2.22. The molecule has 0 aromatic carbocycles. The molecule has 0 radical (unpaired) electrons. The predicted molar refractivity (Wildman–Crippen MR) is 64.9 cm³/mol. The Morgan fingerprint density at radius 1 is 1.56 bits per heavy atom. The van der Waals surface area contributed by atoms with Crippen molar-refractivity contribution < 1.29 is 5.11 Å². The summed E-state index contributed by atoms with van der Waals surface area (Å²) in [6, 6.07) is 1.99. The molecule has 16 heavy (non-hydrogen) atoms. The van der Waals surface area contributed by atoms with E-state index in [4.69, 9.17) is 5.73 Å². The summed E-state index contributed by atoms with van der Waals surface area (Å²) in [7, 11) is 1.90. The molecule has 0 aliphatic heterocycles. The van der Waals surface area contributed by atoms with Crippen LogP contribution in [0.2, 0.25) is 0 Å². The van der Waals surface area contributed by atoms with E-state index in [9.17, 15) is 5.11 Å². The fourth-order valence-electron chi connectivity index (χ4n) is 2.22. The van der Waals surface area contributed by atoms with Crippen LogP contribution in [0.15, 0.2) is 12.3 Å². The molecule has 1 atom stereocenters. The van der Waals surface area contributed by atoms with Gasteiger partial charge in [0.1, 0.15) is 0 Å². The van der Waals surface area contributed by atoms with Crippen molar-refractivity contribution in [1.82, 2.24) is 9.78 Å². The first-order valence-electron chi connectivity index (χ1n) is 5.81. The molecule has 0 aliphatic rings. The summed E-state index contributed by atoms with van der Waals surface area (Å²) in [6.45, 7) is 4.92.